The lowest BCUT2D eigenvalue weighted by Gasteiger charge is -2.21. The van der Waals surface area contributed by atoms with Crippen LogP contribution in [0.15, 0.2) is 237 Å². The van der Waals surface area contributed by atoms with Gasteiger partial charge in [-0.2, -0.15) is 0 Å². The number of hydrogen-bond acceptors (Lipinski definition) is 0. The average Bonchev–Trinajstić information content (AvgIpc) is 3.92. The van der Waals surface area contributed by atoms with Crippen molar-refractivity contribution in [3.63, 3.8) is 0 Å². The summed E-state index contributed by atoms with van der Waals surface area (Å²) in [6.07, 6.45) is 0. The molecule has 0 fully saturated rings. The highest BCUT2D eigenvalue weighted by molar-refractivity contribution is 6.24. The van der Waals surface area contributed by atoms with E-state index in [-0.39, 0.29) is 0 Å². The maximum Gasteiger partial charge on any atom is 0.0619 e. The van der Waals surface area contributed by atoms with Crippen LogP contribution in [0.5, 0.6) is 0 Å². The highest BCUT2D eigenvalue weighted by atomic mass is 15.0. The maximum atomic E-state index is 3.83. The van der Waals surface area contributed by atoms with Gasteiger partial charge in [0.1, 0.15) is 0 Å². The number of rotatable bonds is 6. The lowest BCUT2D eigenvalue weighted by molar-refractivity contribution is 1.18. The summed E-state index contributed by atoms with van der Waals surface area (Å²) in [4.78, 5) is 3.83. The van der Waals surface area contributed by atoms with Crippen molar-refractivity contribution in [3.05, 3.63) is 237 Å². The molecule has 2 heteroatoms. The first-order valence-corrected chi connectivity index (χ1v) is 22.1. The predicted octanol–water partition coefficient (Wildman–Crippen LogP) is 17.1. The Morgan fingerprint density at radius 1 is 0.281 bits per heavy atom. The van der Waals surface area contributed by atoms with Gasteiger partial charge in [0, 0.05) is 43.9 Å². The van der Waals surface area contributed by atoms with Gasteiger partial charge in [0.25, 0.3) is 0 Å². The van der Waals surface area contributed by atoms with Gasteiger partial charge in [-0.25, -0.2) is 0 Å². The van der Waals surface area contributed by atoms with Crippen molar-refractivity contribution in [1.82, 2.24) is 9.55 Å². The van der Waals surface area contributed by atoms with Crippen LogP contribution in [0.2, 0.25) is 0 Å². The number of benzene rings is 11. The number of nitrogens with one attached hydrogen (secondary N) is 1. The summed E-state index contributed by atoms with van der Waals surface area (Å²) in [6.45, 7) is 0. The Bertz CT molecular complexity index is 3930. The molecule has 298 valence electrons. The highest BCUT2D eigenvalue weighted by Gasteiger charge is 2.23. The Morgan fingerprint density at radius 3 is 1.56 bits per heavy atom. The summed E-state index contributed by atoms with van der Waals surface area (Å²) in [5.74, 6) is 0. The second-order valence-corrected chi connectivity index (χ2v) is 16.8. The van der Waals surface area contributed by atoms with Crippen LogP contribution in [0.3, 0.4) is 0 Å². The summed E-state index contributed by atoms with van der Waals surface area (Å²) in [6, 6.07) is 86.9. The Balaban J connectivity index is 1.18. The molecule has 0 saturated heterocycles. The Morgan fingerprint density at radius 2 is 0.828 bits per heavy atom. The van der Waals surface area contributed by atoms with E-state index in [4.69, 9.17) is 0 Å². The summed E-state index contributed by atoms with van der Waals surface area (Å²) in [5.41, 5.74) is 17.9. The summed E-state index contributed by atoms with van der Waals surface area (Å²) in [7, 11) is 0. The fraction of sp³-hybridized carbons (Fsp3) is 0. The molecule has 13 aromatic rings. The number of hydrogen-bond donors (Lipinski definition) is 1. The van der Waals surface area contributed by atoms with Gasteiger partial charge in [-0.3, -0.25) is 0 Å². The molecule has 64 heavy (non-hydrogen) atoms. The van der Waals surface area contributed by atoms with E-state index < -0.39 is 0 Å². The lowest BCUT2D eigenvalue weighted by Crippen LogP contribution is -1.96. The van der Waals surface area contributed by atoms with E-state index in [1.807, 2.05) is 0 Å². The van der Waals surface area contributed by atoms with Crippen molar-refractivity contribution in [2.45, 2.75) is 0 Å². The van der Waals surface area contributed by atoms with E-state index in [1.165, 1.54) is 110 Å². The van der Waals surface area contributed by atoms with Gasteiger partial charge >= 0.3 is 0 Å². The highest BCUT2D eigenvalue weighted by Crippen LogP contribution is 2.49. The van der Waals surface area contributed by atoms with Crippen molar-refractivity contribution < 1.29 is 0 Å². The van der Waals surface area contributed by atoms with Crippen LogP contribution >= 0.6 is 0 Å². The van der Waals surface area contributed by atoms with Crippen LogP contribution in [0.1, 0.15) is 0 Å². The normalized spacial score (nSPS) is 11.8. The first kappa shape index (κ1) is 36.2. The van der Waals surface area contributed by atoms with E-state index in [9.17, 15) is 0 Å². The average molecular weight is 813 g/mol. The van der Waals surface area contributed by atoms with Crippen LogP contribution in [0, 0.1) is 0 Å². The van der Waals surface area contributed by atoms with E-state index in [0.29, 0.717) is 0 Å². The van der Waals surface area contributed by atoms with Crippen molar-refractivity contribution >= 4 is 65.2 Å². The second-order valence-electron chi connectivity index (χ2n) is 16.8. The third-order valence-corrected chi connectivity index (χ3v) is 13.4. The summed E-state index contributed by atoms with van der Waals surface area (Å²) in [5, 5.41) is 9.82. The van der Waals surface area contributed by atoms with Crippen LogP contribution in [-0.4, -0.2) is 9.55 Å². The fourth-order valence-corrected chi connectivity index (χ4v) is 10.5. The van der Waals surface area contributed by atoms with Gasteiger partial charge in [0.2, 0.25) is 0 Å². The molecular weight excluding hydrogens is 773 g/mol. The molecule has 0 saturated carbocycles. The quantitative estimate of drug-likeness (QED) is 0.162. The standard InChI is InChI=1S/C62H40N2/c1-4-18-40(19-5-1)42-36-37-50(55(38-42)41-20-6-2-7-21-41)60-48-28-14-26-44(51-30-16-31-52-46-24-10-12-34-58(46)63-61(51)52)56(48)39-57-45(27-15-29-49(57)60)53-32-17-33-54-47-25-11-13-35-59(47)64(62(53)54)43-22-8-3-9-23-43/h1-39,63H. The van der Waals surface area contributed by atoms with Crippen molar-refractivity contribution in [2.24, 2.45) is 0 Å². The van der Waals surface area contributed by atoms with E-state index >= 15 is 0 Å². The maximum absolute atomic E-state index is 3.83. The molecule has 13 rings (SSSR count). The minimum Gasteiger partial charge on any atom is -0.354 e. The van der Waals surface area contributed by atoms with E-state index in [2.05, 4.69) is 246 Å². The van der Waals surface area contributed by atoms with Crippen LogP contribution in [0.25, 0.3) is 126 Å². The number of nitrogens with zero attached hydrogens (tertiary/aromatic N) is 1. The second kappa shape index (κ2) is 14.6. The molecule has 0 bridgehead atoms. The topological polar surface area (TPSA) is 20.7 Å². The van der Waals surface area contributed by atoms with Gasteiger partial charge in [-0.1, -0.05) is 200 Å². The van der Waals surface area contributed by atoms with Crippen LogP contribution < -0.4 is 0 Å². The van der Waals surface area contributed by atoms with Crippen molar-refractivity contribution in [3.8, 4) is 61.3 Å². The molecule has 2 heterocycles. The molecule has 2 aromatic heterocycles. The predicted molar refractivity (Wildman–Crippen MR) is 272 cm³/mol. The molecule has 1 N–H and O–H groups in total. The van der Waals surface area contributed by atoms with Gasteiger partial charge in [0.15, 0.2) is 0 Å². The molecule has 0 unspecified atom stereocenters. The summed E-state index contributed by atoms with van der Waals surface area (Å²) < 4.78 is 2.46. The zero-order valence-electron chi connectivity index (χ0n) is 35.0. The van der Waals surface area contributed by atoms with Gasteiger partial charge in [-0.05, 0) is 102 Å². The molecule has 2 nitrogen and oxygen atoms in total. The molecule has 0 aliphatic rings. The Labute approximate surface area is 370 Å². The van der Waals surface area contributed by atoms with Gasteiger partial charge in [0.05, 0.1) is 16.6 Å². The molecule has 0 amide bonds. The van der Waals surface area contributed by atoms with Gasteiger partial charge in [-0.15, -0.1) is 0 Å². The number of fused-ring (bicyclic) bond motifs is 8. The number of aromatic nitrogens is 2. The molecule has 0 atom stereocenters. The van der Waals surface area contributed by atoms with E-state index in [0.717, 1.165) is 16.7 Å². The first-order chi connectivity index (χ1) is 31.8. The fourth-order valence-electron chi connectivity index (χ4n) is 10.5. The smallest absolute Gasteiger partial charge is 0.0619 e. The van der Waals surface area contributed by atoms with Crippen molar-refractivity contribution in [1.29, 1.82) is 0 Å². The number of H-pyrrole nitrogens is 1. The van der Waals surface area contributed by atoms with Crippen molar-refractivity contribution in [2.75, 3.05) is 0 Å². The zero-order chi connectivity index (χ0) is 42.1. The lowest BCUT2D eigenvalue weighted by atomic mass is 9.83. The Kier molecular flexibility index (Phi) is 8.25. The first-order valence-electron chi connectivity index (χ1n) is 22.1. The van der Waals surface area contributed by atoms with Crippen LogP contribution in [0.4, 0.5) is 0 Å². The van der Waals surface area contributed by atoms with Crippen LogP contribution in [-0.2, 0) is 0 Å². The molecule has 0 aliphatic heterocycles. The molecule has 0 aliphatic carbocycles. The SMILES string of the molecule is c1ccc(-c2ccc(-c3c4cccc(-c5cccc6c5[nH]c5ccccc56)c4cc4c(-c5cccc6c7ccccc7n(-c7ccccc7)c56)cccc34)c(-c3ccccc3)c2)cc1. The minimum atomic E-state index is 1.14. The zero-order valence-corrected chi connectivity index (χ0v) is 35.0. The molecular formula is C62H40N2. The molecule has 0 spiro atoms. The van der Waals surface area contributed by atoms with E-state index in [1.54, 1.807) is 0 Å². The third-order valence-electron chi connectivity index (χ3n) is 13.4. The largest absolute Gasteiger partial charge is 0.354 e. The summed E-state index contributed by atoms with van der Waals surface area (Å²) >= 11 is 0. The van der Waals surface area contributed by atoms with Gasteiger partial charge < -0.3 is 9.55 Å². The number of para-hydroxylation sites is 5. The molecule has 0 radical (unpaired) electrons. The monoisotopic (exact) mass is 812 g/mol. The number of aromatic amines is 1. The minimum absolute atomic E-state index is 1.14. The Hall–Kier alpha value is -8.46. The third kappa shape index (κ3) is 5.59. The molecule has 11 aromatic carbocycles.